The van der Waals surface area contributed by atoms with E-state index >= 15 is 0 Å². The van der Waals surface area contributed by atoms with Crippen molar-refractivity contribution in [1.82, 2.24) is 5.06 Å². The van der Waals surface area contributed by atoms with Crippen LogP contribution in [0.4, 0.5) is 0 Å². The highest BCUT2D eigenvalue weighted by molar-refractivity contribution is 5.32. The second-order valence-corrected chi connectivity index (χ2v) is 6.40. The summed E-state index contributed by atoms with van der Waals surface area (Å²) >= 11 is 0. The van der Waals surface area contributed by atoms with Gasteiger partial charge in [-0.2, -0.15) is 0 Å². The molecule has 1 saturated heterocycles. The van der Waals surface area contributed by atoms with Gasteiger partial charge in [-0.25, -0.2) is 0 Å². The van der Waals surface area contributed by atoms with Gasteiger partial charge in [0.25, 0.3) is 0 Å². The number of hydrogen-bond donors (Lipinski definition) is 1. The van der Waals surface area contributed by atoms with Crippen molar-refractivity contribution in [2.75, 3.05) is 0 Å². The summed E-state index contributed by atoms with van der Waals surface area (Å²) in [5.74, 6) is 0.259. The van der Waals surface area contributed by atoms with E-state index in [0.29, 0.717) is 0 Å². The van der Waals surface area contributed by atoms with E-state index in [4.69, 9.17) is 0 Å². The Morgan fingerprint density at radius 2 is 1.63 bits per heavy atom. The Morgan fingerprint density at radius 1 is 1.00 bits per heavy atom. The lowest BCUT2D eigenvalue weighted by Gasteiger charge is -2.41. The van der Waals surface area contributed by atoms with E-state index in [1.165, 1.54) is 24.3 Å². The fourth-order valence-electron chi connectivity index (χ4n) is 3.95. The largest absolute Gasteiger partial charge is 0.508 e. The highest BCUT2D eigenvalue weighted by atomic mass is 16.5. The van der Waals surface area contributed by atoms with E-state index in [2.05, 4.69) is 6.92 Å². The molecule has 3 rings (SSSR count). The smallest absolute Gasteiger partial charge is 0.115 e. The van der Waals surface area contributed by atoms with Crippen LogP contribution in [-0.2, 0) is 10.7 Å². The maximum atomic E-state index is 12.9. The first kappa shape index (κ1) is 12.9. The Hall–Kier alpha value is -1.06. The number of hydrogen-bond acceptors (Lipinski definition) is 2. The molecular weight excluding hydrogens is 238 g/mol. The maximum Gasteiger partial charge on any atom is 0.115 e. The van der Waals surface area contributed by atoms with Crippen molar-refractivity contribution in [3.63, 3.8) is 0 Å². The molecule has 1 spiro atoms. The third-order valence-electron chi connectivity index (χ3n) is 5.23. The first-order chi connectivity index (χ1) is 9.07. The Kier molecular flexibility index (Phi) is 3.06. The maximum absolute atomic E-state index is 12.9. The van der Waals surface area contributed by atoms with Gasteiger partial charge in [-0.05, 0) is 50.3 Å². The van der Waals surface area contributed by atoms with Gasteiger partial charge in [0.1, 0.15) is 5.75 Å². The zero-order valence-corrected chi connectivity index (χ0v) is 11.6. The third kappa shape index (κ3) is 1.96. The lowest BCUT2D eigenvalue weighted by molar-refractivity contribution is -0.267. The molecule has 1 aromatic carbocycles. The van der Waals surface area contributed by atoms with Gasteiger partial charge in [0.05, 0.1) is 11.1 Å². The SMILES string of the molecule is C[C@]1(c2ccc(O)cc2)CCC2(CCCCC2)N1[O]. The minimum atomic E-state index is -0.426. The van der Waals surface area contributed by atoms with Gasteiger partial charge in [-0.3, -0.25) is 0 Å². The van der Waals surface area contributed by atoms with Crippen molar-refractivity contribution < 1.29 is 10.3 Å². The Balaban J connectivity index is 1.91. The molecule has 0 bridgehead atoms. The fourth-order valence-corrected chi connectivity index (χ4v) is 3.95. The monoisotopic (exact) mass is 260 g/mol. The van der Waals surface area contributed by atoms with Crippen LogP contribution in [0.2, 0.25) is 0 Å². The number of aromatic hydroxyl groups is 1. The fraction of sp³-hybridized carbons (Fsp3) is 0.625. The number of benzene rings is 1. The second-order valence-electron chi connectivity index (χ2n) is 6.40. The van der Waals surface area contributed by atoms with Crippen molar-refractivity contribution >= 4 is 0 Å². The summed E-state index contributed by atoms with van der Waals surface area (Å²) in [6, 6.07) is 7.14. The molecule has 1 radical (unpaired) electrons. The summed E-state index contributed by atoms with van der Waals surface area (Å²) in [6.07, 6.45) is 7.66. The van der Waals surface area contributed by atoms with Gasteiger partial charge in [-0.15, -0.1) is 10.3 Å². The summed E-state index contributed by atoms with van der Waals surface area (Å²) in [5.41, 5.74) is 0.485. The molecule has 1 aromatic rings. The molecule has 3 nitrogen and oxygen atoms in total. The second kappa shape index (κ2) is 4.50. The molecule has 1 aliphatic carbocycles. The quantitative estimate of drug-likeness (QED) is 0.835. The van der Waals surface area contributed by atoms with Crippen LogP contribution in [-0.4, -0.2) is 15.7 Å². The van der Waals surface area contributed by atoms with Crippen molar-refractivity contribution in [3.8, 4) is 5.75 Å². The zero-order chi connectivity index (χ0) is 13.5. The number of phenolic OH excluding ortho intramolecular Hbond substituents is 1. The van der Waals surface area contributed by atoms with Crippen molar-refractivity contribution in [1.29, 1.82) is 0 Å². The Bertz CT molecular complexity index is 450. The Morgan fingerprint density at radius 3 is 2.26 bits per heavy atom. The van der Waals surface area contributed by atoms with Crippen LogP contribution < -0.4 is 0 Å². The summed E-state index contributed by atoms with van der Waals surface area (Å²) < 4.78 is 0. The molecule has 1 N–H and O–H groups in total. The molecule has 19 heavy (non-hydrogen) atoms. The van der Waals surface area contributed by atoms with Gasteiger partial charge in [0, 0.05) is 0 Å². The molecule has 103 valence electrons. The van der Waals surface area contributed by atoms with E-state index in [0.717, 1.165) is 31.2 Å². The molecule has 0 unspecified atom stereocenters. The number of hydroxylamine groups is 2. The van der Waals surface area contributed by atoms with E-state index in [9.17, 15) is 10.3 Å². The van der Waals surface area contributed by atoms with Crippen LogP contribution in [0.25, 0.3) is 0 Å². The van der Waals surface area contributed by atoms with Crippen LogP contribution in [0, 0.1) is 0 Å². The standard InChI is InChI=1S/C16H22NO2/c1-15(13-5-7-14(18)8-6-13)11-12-16(17(15)19)9-3-2-4-10-16/h5-8,18H,2-4,9-12H2,1H3/t15-/m1/s1. The van der Waals surface area contributed by atoms with Crippen LogP contribution in [0.1, 0.15) is 57.4 Å². The molecule has 1 aliphatic heterocycles. The highest BCUT2D eigenvalue weighted by Crippen LogP contribution is 2.51. The van der Waals surface area contributed by atoms with Crippen LogP contribution >= 0.6 is 0 Å². The van der Waals surface area contributed by atoms with Gasteiger partial charge in [-0.1, -0.05) is 31.4 Å². The van der Waals surface area contributed by atoms with Crippen LogP contribution in [0.5, 0.6) is 5.75 Å². The van der Waals surface area contributed by atoms with Gasteiger partial charge >= 0.3 is 0 Å². The normalized spacial score (nSPS) is 30.8. The lowest BCUT2D eigenvalue weighted by atomic mass is 9.80. The first-order valence-electron chi connectivity index (χ1n) is 7.34. The average Bonchev–Trinajstić information content (AvgIpc) is 2.68. The summed E-state index contributed by atoms with van der Waals surface area (Å²) in [5, 5.41) is 23.7. The topological polar surface area (TPSA) is 43.4 Å². The lowest BCUT2D eigenvalue weighted by Crippen LogP contribution is -2.49. The molecule has 1 heterocycles. The van der Waals surface area contributed by atoms with Crippen LogP contribution in [0.3, 0.4) is 0 Å². The van der Waals surface area contributed by atoms with E-state index in [-0.39, 0.29) is 11.3 Å². The molecular formula is C16H22NO2. The van der Waals surface area contributed by atoms with E-state index in [1.807, 2.05) is 12.1 Å². The molecule has 3 heteroatoms. The van der Waals surface area contributed by atoms with Crippen molar-refractivity contribution in [2.45, 2.75) is 62.9 Å². The molecule has 0 aromatic heterocycles. The predicted molar refractivity (Wildman–Crippen MR) is 73.0 cm³/mol. The van der Waals surface area contributed by atoms with Gasteiger partial charge in [0.2, 0.25) is 0 Å². The highest BCUT2D eigenvalue weighted by Gasteiger charge is 2.54. The summed E-state index contributed by atoms with van der Waals surface area (Å²) in [7, 11) is 0. The first-order valence-corrected chi connectivity index (χ1v) is 7.34. The molecule has 2 fully saturated rings. The molecule has 1 saturated carbocycles. The van der Waals surface area contributed by atoms with Gasteiger partial charge in [0.15, 0.2) is 0 Å². The Labute approximate surface area is 114 Å². The predicted octanol–water partition coefficient (Wildman–Crippen LogP) is 3.75. The van der Waals surface area contributed by atoms with Gasteiger partial charge < -0.3 is 5.11 Å². The van der Waals surface area contributed by atoms with Crippen LogP contribution in [0.15, 0.2) is 24.3 Å². The summed E-state index contributed by atoms with van der Waals surface area (Å²) in [6.45, 7) is 2.05. The molecule has 1 atom stereocenters. The average molecular weight is 260 g/mol. The van der Waals surface area contributed by atoms with E-state index < -0.39 is 5.54 Å². The number of phenols is 1. The third-order valence-corrected chi connectivity index (χ3v) is 5.23. The molecule has 0 amide bonds. The van der Waals surface area contributed by atoms with E-state index in [1.54, 1.807) is 12.1 Å². The van der Waals surface area contributed by atoms with Crippen molar-refractivity contribution in [2.24, 2.45) is 0 Å². The summed E-state index contributed by atoms with van der Waals surface area (Å²) in [4.78, 5) is 0. The number of rotatable bonds is 1. The van der Waals surface area contributed by atoms with Crippen molar-refractivity contribution in [3.05, 3.63) is 29.8 Å². The number of nitrogens with zero attached hydrogens (tertiary/aromatic N) is 1. The minimum absolute atomic E-state index is 0.120. The zero-order valence-electron chi connectivity index (χ0n) is 11.6. The molecule has 2 aliphatic rings. The minimum Gasteiger partial charge on any atom is -0.508 e.